The molecule has 0 amide bonds. The van der Waals surface area contributed by atoms with E-state index in [-0.39, 0.29) is 23.3 Å². The van der Waals surface area contributed by atoms with Crippen molar-refractivity contribution in [3.8, 4) is 11.5 Å². The molecule has 0 aliphatic carbocycles. The summed E-state index contributed by atoms with van der Waals surface area (Å²) in [4.78, 5) is 0.220. The van der Waals surface area contributed by atoms with Gasteiger partial charge in [-0.3, -0.25) is 0 Å². The molecule has 2 aliphatic rings. The Hall–Kier alpha value is -0.540. The Kier molecular flexibility index (Phi) is 6.18. The van der Waals surface area contributed by atoms with Gasteiger partial charge >= 0.3 is 0 Å². The maximum atomic E-state index is 12.9. The van der Waals surface area contributed by atoms with Crippen molar-refractivity contribution in [3.05, 3.63) is 16.6 Å². The Balaban J connectivity index is 0.00000192. The molecule has 1 aromatic rings. The highest BCUT2D eigenvalue weighted by molar-refractivity contribution is 9.10. The first kappa shape index (κ1) is 18.8. The van der Waals surface area contributed by atoms with Gasteiger partial charge in [-0.15, -0.1) is 12.4 Å². The second-order valence-electron chi connectivity index (χ2n) is 5.43. The van der Waals surface area contributed by atoms with Gasteiger partial charge < -0.3 is 14.8 Å². The molecule has 3 rings (SSSR count). The molecule has 0 bridgehead atoms. The summed E-state index contributed by atoms with van der Waals surface area (Å²) in [6, 6.07) is 3.23. The summed E-state index contributed by atoms with van der Waals surface area (Å²) in [6.07, 6.45) is 1.63. The van der Waals surface area contributed by atoms with Gasteiger partial charge in [-0.2, -0.15) is 4.31 Å². The topological polar surface area (TPSA) is 67.9 Å². The molecule has 23 heavy (non-hydrogen) atoms. The van der Waals surface area contributed by atoms with Crippen LogP contribution in [0.25, 0.3) is 0 Å². The molecule has 0 aromatic heterocycles. The fourth-order valence-corrected chi connectivity index (χ4v) is 5.18. The van der Waals surface area contributed by atoms with Crippen LogP contribution in [-0.2, 0) is 10.0 Å². The Labute approximate surface area is 151 Å². The number of nitrogens with one attached hydrogen (secondary N) is 1. The van der Waals surface area contributed by atoms with Crippen LogP contribution in [0.2, 0.25) is 0 Å². The normalized spacial score (nSPS) is 18.6. The van der Waals surface area contributed by atoms with E-state index in [2.05, 4.69) is 21.2 Å². The fraction of sp³-hybridized carbons (Fsp3) is 0.571. The highest BCUT2D eigenvalue weighted by Crippen LogP contribution is 2.38. The molecule has 1 fully saturated rings. The average Bonchev–Trinajstić information content (AvgIpc) is 2.54. The molecule has 9 heteroatoms. The minimum atomic E-state index is -3.58. The summed E-state index contributed by atoms with van der Waals surface area (Å²) in [5.41, 5.74) is 0. The molecule has 1 N–H and O–H groups in total. The molecule has 0 spiro atoms. The average molecular weight is 428 g/mol. The van der Waals surface area contributed by atoms with Crippen LogP contribution in [0.15, 0.2) is 21.5 Å². The van der Waals surface area contributed by atoms with Crippen molar-refractivity contribution < 1.29 is 17.9 Å². The molecule has 0 saturated carbocycles. The number of nitrogens with zero attached hydrogens (tertiary/aromatic N) is 1. The van der Waals surface area contributed by atoms with Crippen molar-refractivity contribution in [2.24, 2.45) is 0 Å². The molecule has 0 radical (unpaired) electrons. The Morgan fingerprint density at radius 2 is 1.74 bits per heavy atom. The summed E-state index contributed by atoms with van der Waals surface area (Å²) in [5, 5.41) is 3.25. The number of fused-ring (bicyclic) bond motifs is 1. The first-order valence-corrected chi connectivity index (χ1v) is 9.51. The number of halogens is 2. The zero-order valence-electron chi connectivity index (χ0n) is 12.7. The predicted octanol–water partition coefficient (Wildman–Crippen LogP) is 2.01. The zero-order chi connectivity index (χ0) is 15.7. The summed E-state index contributed by atoms with van der Waals surface area (Å²) in [5.74, 6) is 1.05. The first-order chi connectivity index (χ1) is 10.5. The van der Waals surface area contributed by atoms with Crippen LogP contribution in [0.3, 0.4) is 0 Å². The van der Waals surface area contributed by atoms with Crippen LogP contribution in [0.4, 0.5) is 0 Å². The molecule has 1 saturated heterocycles. The number of rotatable bonds is 3. The van der Waals surface area contributed by atoms with E-state index < -0.39 is 10.0 Å². The number of hydrogen-bond acceptors (Lipinski definition) is 5. The Morgan fingerprint density at radius 3 is 2.35 bits per heavy atom. The first-order valence-electron chi connectivity index (χ1n) is 7.28. The molecular weight excluding hydrogens is 408 g/mol. The molecule has 130 valence electrons. The second-order valence-corrected chi connectivity index (χ2v) is 8.25. The van der Waals surface area contributed by atoms with E-state index in [1.807, 2.05) is 0 Å². The van der Waals surface area contributed by atoms with Crippen molar-refractivity contribution in [2.75, 3.05) is 33.4 Å². The van der Waals surface area contributed by atoms with Gasteiger partial charge in [0.1, 0.15) is 18.1 Å². The summed E-state index contributed by atoms with van der Waals surface area (Å²) < 4.78 is 38.8. The van der Waals surface area contributed by atoms with Crippen LogP contribution in [-0.4, -0.2) is 52.1 Å². The van der Waals surface area contributed by atoms with Crippen molar-refractivity contribution in [1.29, 1.82) is 0 Å². The van der Waals surface area contributed by atoms with E-state index in [1.165, 1.54) is 4.31 Å². The van der Waals surface area contributed by atoms with Gasteiger partial charge in [0.15, 0.2) is 11.5 Å². The van der Waals surface area contributed by atoms with E-state index in [1.54, 1.807) is 19.2 Å². The van der Waals surface area contributed by atoms with Gasteiger partial charge in [0, 0.05) is 23.6 Å². The standard InChI is InChI=1S/C14H19BrN2O4S.ClH/c1-17(10-2-4-16-5-3-10)22(18,19)14-9-13-12(8-11(14)15)20-6-7-21-13;/h8-10,16H,2-7H2,1H3;1H. The third kappa shape index (κ3) is 3.76. The summed E-state index contributed by atoms with van der Waals surface area (Å²) in [7, 11) is -1.93. The molecule has 6 nitrogen and oxygen atoms in total. The number of piperidine rings is 1. The van der Waals surface area contributed by atoms with Crippen LogP contribution < -0.4 is 14.8 Å². The molecular formula is C14H20BrClN2O4S. The number of sulfonamides is 1. The largest absolute Gasteiger partial charge is 0.486 e. The van der Waals surface area contributed by atoms with E-state index in [9.17, 15) is 8.42 Å². The summed E-state index contributed by atoms with van der Waals surface area (Å²) in [6.45, 7) is 2.58. The van der Waals surface area contributed by atoms with Gasteiger partial charge in [0.05, 0.1) is 0 Å². The highest BCUT2D eigenvalue weighted by atomic mass is 79.9. The molecule has 2 aliphatic heterocycles. The molecule has 2 heterocycles. The Bertz CT molecular complexity index is 665. The lowest BCUT2D eigenvalue weighted by molar-refractivity contribution is 0.171. The van der Waals surface area contributed by atoms with Gasteiger partial charge in [-0.1, -0.05) is 0 Å². The minimum absolute atomic E-state index is 0. The fourth-order valence-electron chi connectivity index (χ4n) is 2.76. The zero-order valence-corrected chi connectivity index (χ0v) is 16.0. The summed E-state index contributed by atoms with van der Waals surface area (Å²) >= 11 is 3.35. The van der Waals surface area contributed by atoms with Crippen LogP contribution in [0.5, 0.6) is 11.5 Å². The number of hydrogen-bond donors (Lipinski definition) is 1. The third-order valence-electron chi connectivity index (χ3n) is 4.08. The SMILES string of the molecule is CN(C1CCNCC1)S(=O)(=O)c1cc2c(cc1Br)OCCO2.Cl. The van der Waals surface area contributed by atoms with Crippen molar-refractivity contribution >= 4 is 38.4 Å². The van der Waals surface area contributed by atoms with E-state index in [0.29, 0.717) is 29.2 Å². The van der Waals surface area contributed by atoms with E-state index in [0.717, 1.165) is 25.9 Å². The third-order valence-corrected chi connectivity index (χ3v) is 6.95. The van der Waals surface area contributed by atoms with Gasteiger partial charge in [-0.25, -0.2) is 8.42 Å². The maximum absolute atomic E-state index is 12.9. The van der Waals surface area contributed by atoms with Crippen LogP contribution >= 0.6 is 28.3 Å². The lowest BCUT2D eigenvalue weighted by atomic mass is 10.1. The van der Waals surface area contributed by atoms with Gasteiger partial charge in [0.25, 0.3) is 0 Å². The minimum Gasteiger partial charge on any atom is -0.486 e. The second kappa shape index (κ2) is 7.57. The van der Waals surface area contributed by atoms with E-state index >= 15 is 0 Å². The Morgan fingerprint density at radius 1 is 1.17 bits per heavy atom. The van der Waals surface area contributed by atoms with E-state index in [4.69, 9.17) is 9.47 Å². The smallest absolute Gasteiger partial charge is 0.244 e. The van der Waals surface area contributed by atoms with Crippen LogP contribution in [0.1, 0.15) is 12.8 Å². The lowest BCUT2D eigenvalue weighted by Crippen LogP contribution is -2.43. The lowest BCUT2D eigenvalue weighted by Gasteiger charge is -2.31. The monoisotopic (exact) mass is 426 g/mol. The molecule has 1 aromatic carbocycles. The van der Waals surface area contributed by atoms with Gasteiger partial charge in [-0.05, 0) is 47.9 Å². The van der Waals surface area contributed by atoms with Crippen LogP contribution in [0, 0.1) is 0 Å². The predicted molar refractivity (Wildman–Crippen MR) is 93.2 cm³/mol. The highest BCUT2D eigenvalue weighted by Gasteiger charge is 2.32. The quantitative estimate of drug-likeness (QED) is 0.799. The van der Waals surface area contributed by atoms with Crippen molar-refractivity contribution in [2.45, 2.75) is 23.8 Å². The maximum Gasteiger partial charge on any atom is 0.244 e. The molecule has 0 unspecified atom stereocenters. The molecule has 0 atom stereocenters. The van der Waals surface area contributed by atoms with Crippen molar-refractivity contribution in [3.63, 3.8) is 0 Å². The van der Waals surface area contributed by atoms with Crippen molar-refractivity contribution in [1.82, 2.24) is 9.62 Å². The van der Waals surface area contributed by atoms with Gasteiger partial charge in [0.2, 0.25) is 10.0 Å². The number of ether oxygens (including phenoxy) is 2. The number of benzene rings is 1.